The van der Waals surface area contributed by atoms with Crippen molar-refractivity contribution in [3.8, 4) is 5.75 Å². The average Bonchev–Trinajstić information content (AvgIpc) is 3.05. The minimum absolute atomic E-state index is 0. The van der Waals surface area contributed by atoms with E-state index in [2.05, 4.69) is 46.7 Å². The minimum atomic E-state index is 0. The van der Waals surface area contributed by atoms with Crippen LogP contribution in [0.1, 0.15) is 36.5 Å². The summed E-state index contributed by atoms with van der Waals surface area (Å²) in [6.45, 7) is 9.29. The summed E-state index contributed by atoms with van der Waals surface area (Å²) in [5.74, 6) is 1.86. The lowest BCUT2D eigenvalue weighted by Gasteiger charge is -2.22. The van der Waals surface area contributed by atoms with Gasteiger partial charge in [0, 0.05) is 44.2 Å². The van der Waals surface area contributed by atoms with E-state index in [4.69, 9.17) is 9.73 Å². The van der Waals surface area contributed by atoms with Gasteiger partial charge in [0.2, 0.25) is 0 Å². The number of thiazole rings is 1. The predicted octanol–water partition coefficient (Wildman–Crippen LogP) is 4.50. The second-order valence-corrected chi connectivity index (χ2v) is 7.10. The van der Waals surface area contributed by atoms with Crippen molar-refractivity contribution in [2.45, 2.75) is 40.2 Å². The molecule has 1 aromatic heterocycles. The molecule has 0 saturated carbocycles. The van der Waals surface area contributed by atoms with Gasteiger partial charge in [0.1, 0.15) is 5.75 Å². The summed E-state index contributed by atoms with van der Waals surface area (Å²) in [5.41, 5.74) is 2.34. The predicted molar refractivity (Wildman–Crippen MR) is 126 cm³/mol. The van der Waals surface area contributed by atoms with Crippen LogP contribution in [0.2, 0.25) is 0 Å². The summed E-state index contributed by atoms with van der Waals surface area (Å²) in [7, 11) is 2.07. The van der Waals surface area contributed by atoms with Crippen LogP contribution in [0, 0.1) is 6.92 Å². The molecule has 0 amide bonds. The fourth-order valence-corrected chi connectivity index (χ4v) is 3.43. The molecule has 1 aromatic carbocycles. The first-order valence-corrected chi connectivity index (χ1v) is 10.1. The Bertz CT molecular complexity index is 688. The van der Waals surface area contributed by atoms with Crippen molar-refractivity contribution in [3.63, 3.8) is 0 Å². The number of rotatable bonds is 9. The van der Waals surface area contributed by atoms with E-state index >= 15 is 0 Å². The van der Waals surface area contributed by atoms with Gasteiger partial charge in [-0.15, -0.1) is 35.3 Å². The molecule has 7 heteroatoms. The molecule has 0 aliphatic rings. The molecule has 5 nitrogen and oxygen atoms in total. The lowest BCUT2D eigenvalue weighted by atomic mass is 10.2. The van der Waals surface area contributed by atoms with Gasteiger partial charge in [-0.1, -0.05) is 12.1 Å². The normalized spacial score (nSPS) is 11.0. The van der Waals surface area contributed by atoms with E-state index in [0.717, 1.165) is 49.9 Å². The number of aromatic nitrogens is 1. The van der Waals surface area contributed by atoms with Crippen molar-refractivity contribution >= 4 is 41.3 Å². The van der Waals surface area contributed by atoms with Gasteiger partial charge in [-0.2, -0.15) is 0 Å². The van der Waals surface area contributed by atoms with Crippen LogP contribution in [-0.4, -0.2) is 42.6 Å². The lowest BCUT2D eigenvalue weighted by Crippen LogP contribution is -2.38. The van der Waals surface area contributed by atoms with Gasteiger partial charge in [-0.25, -0.2) is 4.98 Å². The number of nitrogens with zero attached hydrogens (tertiary/aromatic N) is 3. The Morgan fingerprint density at radius 2 is 2.00 bits per heavy atom. The first kappa shape index (κ1) is 23.7. The molecular weight excluding hydrogens is 471 g/mol. The van der Waals surface area contributed by atoms with E-state index < -0.39 is 0 Å². The third-order valence-electron chi connectivity index (χ3n) is 3.83. The van der Waals surface area contributed by atoms with Gasteiger partial charge in [0.05, 0.1) is 11.6 Å². The van der Waals surface area contributed by atoms with Gasteiger partial charge in [0.25, 0.3) is 0 Å². The molecule has 0 aliphatic heterocycles. The number of halogens is 1. The summed E-state index contributed by atoms with van der Waals surface area (Å²) in [5, 5.41) is 6.68. The zero-order valence-electron chi connectivity index (χ0n) is 16.7. The number of ether oxygens (including phenoxy) is 1. The average molecular weight is 502 g/mol. The Kier molecular flexibility index (Phi) is 11.3. The van der Waals surface area contributed by atoms with Crippen LogP contribution >= 0.6 is 35.3 Å². The van der Waals surface area contributed by atoms with Crippen molar-refractivity contribution in [1.82, 2.24) is 15.2 Å². The zero-order valence-corrected chi connectivity index (χ0v) is 19.8. The Balaban J connectivity index is 0.00000364. The minimum Gasteiger partial charge on any atom is -0.494 e. The van der Waals surface area contributed by atoms with E-state index in [9.17, 15) is 0 Å². The topological polar surface area (TPSA) is 49.8 Å². The molecule has 0 fully saturated rings. The first-order valence-electron chi connectivity index (χ1n) is 9.24. The van der Waals surface area contributed by atoms with Gasteiger partial charge in [-0.05, 0) is 44.9 Å². The second kappa shape index (κ2) is 12.9. The molecule has 2 rings (SSSR count). The smallest absolute Gasteiger partial charge is 0.193 e. The molecule has 0 atom stereocenters. The highest BCUT2D eigenvalue weighted by atomic mass is 127. The molecule has 27 heavy (non-hydrogen) atoms. The van der Waals surface area contributed by atoms with Crippen LogP contribution < -0.4 is 10.1 Å². The standard InChI is InChI=1S/C20H30N4OS.HI/c1-5-21-20(22-13-7-8-19-23-16(3)15-26-19)24(4)14-17-9-11-18(12-10-17)25-6-2;/h9-12,15H,5-8,13-14H2,1-4H3,(H,21,22);1H. The molecule has 2 aromatic rings. The van der Waals surface area contributed by atoms with Crippen molar-refractivity contribution in [2.75, 3.05) is 26.7 Å². The summed E-state index contributed by atoms with van der Waals surface area (Å²) in [6.07, 6.45) is 2.00. The Morgan fingerprint density at radius 3 is 2.59 bits per heavy atom. The van der Waals surface area contributed by atoms with Gasteiger partial charge in [-0.3, -0.25) is 4.99 Å². The van der Waals surface area contributed by atoms with Crippen molar-refractivity contribution in [1.29, 1.82) is 0 Å². The zero-order chi connectivity index (χ0) is 18.8. The molecular formula is C20H31IN4OS. The SMILES string of the molecule is CCNC(=NCCCc1nc(C)cs1)N(C)Cc1ccc(OCC)cc1.I. The Labute approximate surface area is 184 Å². The van der Waals surface area contributed by atoms with Crippen LogP contribution in [0.5, 0.6) is 5.75 Å². The largest absolute Gasteiger partial charge is 0.494 e. The first-order chi connectivity index (χ1) is 12.6. The number of guanidine groups is 1. The van der Waals surface area contributed by atoms with Crippen molar-refractivity contribution < 1.29 is 4.74 Å². The van der Waals surface area contributed by atoms with Crippen LogP contribution in [0.3, 0.4) is 0 Å². The molecule has 1 heterocycles. The van der Waals surface area contributed by atoms with Crippen LogP contribution in [-0.2, 0) is 13.0 Å². The van der Waals surface area contributed by atoms with Gasteiger partial charge >= 0.3 is 0 Å². The number of hydrogen-bond donors (Lipinski definition) is 1. The fraction of sp³-hybridized carbons (Fsp3) is 0.500. The summed E-state index contributed by atoms with van der Waals surface area (Å²) >= 11 is 1.74. The second-order valence-electron chi connectivity index (χ2n) is 6.15. The number of nitrogens with one attached hydrogen (secondary N) is 1. The maximum atomic E-state index is 5.50. The molecule has 1 N–H and O–H groups in total. The third-order valence-corrected chi connectivity index (χ3v) is 4.85. The quantitative estimate of drug-likeness (QED) is 0.238. The Hall–Kier alpha value is -1.35. The number of hydrogen-bond acceptors (Lipinski definition) is 4. The van der Waals surface area contributed by atoms with E-state index in [0.29, 0.717) is 6.61 Å². The van der Waals surface area contributed by atoms with Crippen molar-refractivity contribution in [3.05, 3.63) is 45.9 Å². The summed E-state index contributed by atoms with van der Waals surface area (Å²) in [6, 6.07) is 8.26. The molecule has 0 bridgehead atoms. The fourth-order valence-electron chi connectivity index (χ4n) is 2.61. The molecule has 150 valence electrons. The number of benzene rings is 1. The van der Waals surface area contributed by atoms with E-state index in [-0.39, 0.29) is 24.0 Å². The van der Waals surface area contributed by atoms with Gasteiger partial charge in [0.15, 0.2) is 5.96 Å². The maximum absolute atomic E-state index is 5.50. The maximum Gasteiger partial charge on any atom is 0.193 e. The Morgan fingerprint density at radius 1 is 1.26 bits per heavy atom. The highest BCUT2D eigenvalue weighted by Crippen LogP contribution is 2.14. The van der Waals surface area contributed by atoms with E-state index in [1.54, 1.807) is 11.3 Å². The van der Waals surface area contributed by atoms with E-state index in [1.165, 1.54) is 10.6 Å². The molecule has 0 radical (unpaired) electrons. The highest BCUT2D eigenvalue weighted by molar-refractivity contribution is 14.0. The monoisotopic (exact) mass is 502 g/mol. The molecule has 0 spiro atoms. The summed E-state index contributed by atoms with van der Waals surface area (Å²) < 4.78 is 5.50. The molecule has 0 unspecified atom stereocenters. The number of aliphatic imine (C=N–C) groups is 1. The lowest BCUT2D eigenvalue weighted by molar-refractivity contribution is 0.340. The highest BCUT2D eigenvalue weighted by Gasteiger charge is 2.07. The third kappa shape index (κ3) is 8.47. The number of aryl methyl sites for hydroxylation is 2. The van der Waals surface area contributed by atoms with Crippen molar-refractivity contribution in [2.24, 2.45) is 4.99 Å². The van der Waals surface area contributed by atoms with Gasteiger partial charge < -0.3 is 15.0 Å². The van der Waals surface area contributed by atoms with Crippen LogP contribution in [0.15, 0.2) is 34.6 Å². The van der Waals surface area contributed by atoms with Crippen LogP contribution in [0.4, 0.5) is 0 Å². The molecule has 0 saturated heterocycles. The summed E-state index contributed by atoms with van der Waals surface area (Å²) in [4.78, 5) is 11.4. The molecule has 0 aliphatic carbocycles. The van der Waals surface area contributed by atoms with Crippen LogP contribution in [0.25, 0.3) is 0 Å². The van der Waals surface area contributed by atoms with E-state index in [1.807, 2.05) is 26.0 Å².